The molecule has 0 saturated heterocycles. The van der Waals surface area contributed by atoms with Crippen LogP contribution in [-0.4, -0.2) is 24.6 Å². The zero-order chi connectivity index (χ0) is 20.3. The van der Waals surface area contributed by atoms with E-state index in [1.807, 2.05) is 0 Å². The van der Waals surface area contributed by atoms with Crippen LogP contribution in [0.15, 0.2) is 47.5 Å². The van der Waals surface area contributed by atoms with E-state index in [-0.39, 0.29) is 27.8 Å². The lowest BCUT2D eigenvalue weighted by Gasteiger charge is -2.17. The minimum atomic E-state index is -3.76. The monoisotopic (exact) mass is 427 g/mol. The lowest BCUT2D eigenvalue weighted by atomic mass is 10.1. The Kier molecular flexibility index (Phi) is 6.05. The fourth-order valence-electron chi connectivity index (χ4n) is 2.70. The van der Waals surface area contributed by atoms with Crippen molar-refractivity contribution in [3.05, 3.63) is 63.6 Å². The molecule has 0 bridgehead atoms. The molecule has 148 valence electrons. The molecule has 0 radical (unpaired) electrons. The number of carbonyl (C=O) groups is 1. The number of rotatable bonds is 6. The standard InChI is InChI=1S/C19H17Cl2F2N3O2/c20-15-8-4-12(9-16(15)21)19(22,23)17(27)25-13-5-1-11(2-6-13)3-7-14-10-28-18(24)26-14/h1-2,4-6,8-9,14H,3,7,10H2,(H2,24,26)(H,25,27). The fourth-order valence-corrected chi connectivity index (χ4v) is 3.00. The third-order valence-corrected chi connectivity index (χ3v) is 5.02. The SMILES string of the molecule is NC1=NC(CCc2ccc(NC(=O)C(F)(F)c3ccc(Cl)c(Cl)c3)cc2)CO1. The van der Waals surface area contributed by atoms with Gasteiger partial charge >= 0.3 is 5.92 Å². The predicted octanol–water partition coefficient (Wildman–Crippen LogP) is 4.37. The molecule has 9 heteroatoms. The van der Waals surface area contributed by atoms with Gasteiger partial charge in [-0.3, -0.25) is 4.79 Å². The molecule has 3 rings (SSSR count). The number of ether oxygens (including phenoxy) is 1. The van der Waals surface area contributed by atoms with Gasteiger partial charge in [-0.15, -0.1) is 0 Å². The first-order chi connectivity index (χ1) is 13.3. The number of carbonyl (C=O) groups excluding carboxylic acids is 1. The van der Waals surface area contributed by atoms with Crippen LogP contribution < -0.4 is 11.1 Å². The molecule has 2 aromatic rings. The van der Waals surface area contributed by atoms with Gasteiger partial charge in [0, 0.05) is 11.3 Å². The number of aryl methyl sites for hydroxylation is 1. The molecule has 0 spiro atoms. The van der Waals surface area contributed by atoms with Crippen LogP contribution >= 0.6 is 23.2 Å². The number of aliphatic imine (C=N–C) groups is 1. The summed E-state index contributed by atoms with van der Waals surface area (Å²) in [5.41, 5.74) is 6.18. The predicted molar refractivity (Wildman–Crippen MR) is 105 cm³/mol. The van der Waals surface area contributed by atoms with E-state index in [9.17, 15) is 13.6 Å². The number of nitrogens with two attached hydrogens (primary N) is 1. The van der Waals surface area contributed by atoms with Crippen molar-refractivity contribution in [1.29, 1.82) is 0 Å². The van der Waals surface area contributed by atoms with E-state index in [0.29, 0.717) is 6.61 Å². The highest BCUT2D eigenvalue weighted by Gasteiger charge is 2.41. The summed E-state index contributed by atoms with van der Waals surface area (Å²) in [5.74, 6) is -5.21. The summed E-state index contributed by atoms with van der Waals surface area (Å²) in [6.07, 6.45) is 1.47. The van der Waals surface area contributed by atoms with Gasteiger partial charge in [0.2, 0.25) is 0 Å². The number of alkyl halides is 2. The summed E-state index contributed by atoms with van der Waals surface area (Å²) in [5, 5.41) is 2.31. The third kappa shape index (κ3) is 4.72. The highest BCUT2D eigenvalue weighted by Crippen LogP contribution is 2.33. The Morgan fingerprint density at radius 3 is 2.54 bits per heavy atom. The minimum absolute atomic E-state index is 0.0178. The number of amidine groups is 1. The van der Waals surface area contributed by atoms with Crippen molar-refractivity contribution in [2.24, 2.45) is 10.7 Å². The summed E-state index contributed by atoms with van der Waals surface area (Å²) in [4.78, 5) is 16.2. The van der Waals surface area contributed by atoms with Gasteiger partial charge in [0.05, 0.1) is 16.1 Å². The van der Waals surface area contributed by atoms with Crippen LogP contribution in [0.4, 0.5) is 14.5 Å². The topological polar surface area (TPSA) is 76.7 Å². The van der Waals surface area contributed by atoms with E-state index < -0.39 is 17.4 Å². The highest BCUT2D eigenvalue weighted by atomic mass is 35.5. The average Bonchev–Trinajstić information content (AvgIpc) is 3.08. The smallest absolute Gasteiger partial charge is 0.350 e. The quantitative estimate of drug-likeness (QED) is 0.718. The van der Waals surface area contributed by atoms with Gasteiger partial charge in [-0.25, -0.2) is 4.99 Å². The van der Waals surface area contributed by atoms with Crippen LogP contribution in [0.1, 0.15) is 17.5 Å². The Hall–Kier alpha value is -2.38. The number of benzene rings is 2. The van der Waals surface area contributed by atoms with Crippen molar-refractivity contribution in [2.45, 2.75) is 24.8 Å². The highest BCUT2D eigenvalue weighted by molar-refractivity contribution is 6.42. The second kappa shape index (κ2) is 8.32. The minimum Gasteiger partial charge on any atom is -0.463 e. The summed E-state index contributed by atoms with van der Waals surface area (Å²) >= 11 is 11.5. The normalized spacial score (nSPS) is 16.4. The molecular weight excluding hydrogens is 411 g/mol. The maximum absolute atomic E-state index is 14.4. The lowest BCUT2D eigenvalue weighted by molar-refractivity contribution is -0.140. The van der Waals surface area contributed by atoms with Crippen molar-refractivity contribution in [2.75, 3.05) is 11.9 Å². The Bertz CT molecular complexity index is 905. The number of hydrogen-bond acceptors (Lipinski definition) is 4. The molecule has 2 aromatic carbocycles. The van der Waals surface area contributed by atoms with Crippen molar-refractivity contribution >= 4 is 40.8 Å². The van der Waals surface area contributed by atoms with E-state index in [2.05, 4.69) is 10.3 Å². The Labute approximate surface area is 170 Å². The molecule has 0 saturated carbocycles. The second-order valence-corrected chi connectivity index (χ2v) is 7.14. The number of hydrogen-bond donors (Lipinski definition) is 2. The first-order valence-electron chi connectivity index (χ1n) is 8.45. The second-order valence-electron chi connectivity index (χ2n) is 6.33. The molecule has 0 aromatic heterocycles. The maximum atomic E-state index is 14.4. The van der Waals surface area contributed by atoms with Crippen LogP contribution in [0.5, 0.6) is 0 Å². The van der Waals surface area contributed by atoms with Gasteiger partial charge < -0.3 is 15.8 Å². The van der Waals surface area contributed by atoms with Crippen molar-refractivity contribution < 1.29 is 18.3 Å². The number of nitrogens with one attached hydrogen (secondary N) is 1. The molecule has 0 fully saturated rings. The van der Waals surface area contributed by atoms with Crippen molar-refractivity contribution in [1.82, 2.24) is 0 Å². The molecule has 1 aliphatic rings. The summed E-state index contributed by atoms with van der Waals surface area (Å²) in [6, 6.07) is 10.2. The van der Waals surface area contributed by atoms with Gasteiger partial charge in [-0.05, 0) is 42.7 Å². The molecule has 1 unspecified atom stereocenters. The van der Waals surface area contributed by atoms with E-state index in [4.69, 9.17) is 33.7 Å². The fraction of sp³-hybridized carbons (Fsp3) is 0.263. The van der Waals surface area contributed by atoms with E-state index in [0.717, 1.165) is 30.5 Å². The van der Waals surface area contributed by atoms with E-state index in [1.54, 1.807) is 24.3 Å². The summed E-state index contributed by atoms with van der Waals surface area (Å²) < 4.78 is 33.9. The number of anilines is 1. The van der Waals surface area contributed by atoms with E-state index >= 15 is 0 Å². The van der Waals surface area contributed by atoms with Crippen LogP contribution in [0.2, 0.25) is 10.0 Å². The summed E-state index contributed by atoms with van der Waals surface area (Å²) in [6.45, 7) is 0.462. The zero-order valence-electron chi connectivity index (χ0n) is 14.6. The Morgan fingerprint density at radius 2 is 1.93 bits per heavy atom. The van der Waals surface area contributed by atoms with Crippen LogP contribution in [-0.2, 0) is 21.9 Å². The number of amides is 1. The zero-order valence-corrected chi connectivity index (χ0v) is 16.1. The lowest BCUT2D eigenvalue weighted by Crippen LogP contribution is -2.32. The molecule has 3 N–H and O–H groups in total. The van der Waals surface area contributed by atoms with Gasteiger partial charge in [-0.1, -0.05) is 41.4 Å². The van der Waals surface area contributed by atoms with E-state index in [1.165, 1.54) is 6.07 Å². The Balaban J connectivity index is 1.61. The molecule has 1 aliphatic heterocycles. The van der Waals surface area contributed by atoms with Crippen molar-refractivity contribution in [3.63, 3.8) is 0 Å². The molecule has 1 amide bonds. The van der Waals surface area contributed by atoms with Gasteiger partial charge in [0.1, 0.15) is 6.61 Å². The first kappa shape index (κ1) is 20.4. The van der Waals surface area contributed by atoms with Gasteiger partial charge in [-0.2, -0.15) is 8.78 Å². The Morgan fingerprint density at radius 1 is 1.21 bits per heavy atom. The molecule has 0 aliphatic carbocycles. The number of nitrogens with zero attached hydrogens (tertiary/aromatic N) is 1. The van der Waals surface area contributed by atoms with Crippen LogP contribution in [0.25, 0.3) is 0 Å². The maximum Gasteiger partial charge on any atom is 0.350 e. The molecular formula is C19H17Cl2F2N3O2. The largest absolute Gasteiger partial charge is 0.463 e. The van der Waals surface area contributed by atoms with Crippen LogP contribution in [0.3, 0.4) is 0 Å². The molecule has 5 nitrogen and oxygen atoms in total. The third-order valence-electron chi connectivity index (χ3n) is 4.28. The first-order valence-corrected chi connectivity index (χ1v) is 9.21. The van der Waals surface area contributed by atoms with Gasteiger partial charge in [0.15, 0.2) is 0 Å². The van der Waals surface area contributed by atoms with Gasteiger partial charge in [0.25, 0.3) is 11.9 Å². The van der Waals surface area contributed by atoms with Crippen molar-refractivity contribution in [3.8, 4) is 0 Å². The van der Waals surface area contributed by atoms with Crippen LogP contribution in [0, 0.1) is 0 Å². The molecule has 28 heavy (non-hydrogen) atoms. The molecule has 1 heterocycles. The molecule has 1 atom stereocenters. The average molecular weight is 428 g/mol. The number of halogens is 4. The summed E-state index contributed by atoms with van der Waals surface area (Å²) in [7, 11) is 0.